The molecule has 3 aromatic rings. The Morgan fingerprint density at radius 3 is 2.31 bits per heavy atom. The third-order valence-electron chi connectivity index (χ3n) is 7.08. The maximum atomic E-state index is 13.1. The van der Waals surface area contributed by atoms with Gasteiger partial charge in [0.2, 0.25) is 5.91 Å². The van der Waals surface area contributed by atoms with Gasteiger partial charge >= 0.3 is 0 Å². The van der Waals surface area contributed by atoms with E-state index in [0.717, 1.165) is 41.2 Å². The van der Waals surface area contributed by atoms with Crippen LogP contribution in [0.3, 0.4) is 0 Å². The molecule has 188 valence electrons. The Balaban J connectivity index is 1.33. The van der Waals surface area contributed by atoms with Gasteiger partial charge in [-0.1, -0.05) is 36.4 Å². The Bertz CT molecular complexity index is 1190. The molecule has 6 nitrogen and oxygen atoms in total. The Morgan fingerprint density at radius 1 is 0.833 bits per heavy atom. The van der Waals surface area contributed by atoms with Crippen LogP contribution in [0.25, 0.3) is 0 Å². The average Bonchev–Trinajstić information content (AvgIpc) is 3.57. The third-order valence-corrected chi connectivity index (χ3v) is 7.08. The number of anilines is 1. The highest BCUT2D eigenvalue weighted by Gasteiger charge is 2.33. The van der Waals surface area contributed by atoms with Crippen LogP contribution < -0.4 is 23.8 Å². The molecule has 0 radical (unpaired) electrons. The van der Waals surface area contributed by atoms with Gasteiger partial charge in [0, 0.05) is 30.6 Å². The number of hydrogen-bond donors (Lipinski definition) is 0. The first kappa shape index (κ1) is 24.0. The van der Waals surface area contributed by atoms with Gasteiger partial charge in [0.25, 0.3) is 0 Å². The molecule has 1 aliphatic carbocycles. The van der Waals surface area contributed by atoms with E-state index in [2.05, 4.69) is 6.07 Å². The van der Waals surface area contributed by atoms with Crippen LogP contribution in [0.5, 0.6) is 23.0 Å². The summed E-state index contributed by atoms with van der Waals surface area (Å²) in [5, 5.41) is 0. The zero-order valence-corrected chi connectivity index (χ0v) is 20.9. The summed E-state index contributed by atoms with van der Waals surface area (Å²) in [4.78, 5) is 14.9. The van der Waals surface area contributed by atoms with Gasteiger partial charge in [-0.3, -0.25) is 4.79 Å². The number of carbonyl (C=O) groups excluding carboxylic acids is 1. The van der Waals surface area contributed by atoms with Crippen molar-refractivity contribution in [2.24, 2.45) is 0 Å². The highest BCUT2D eigenvalue weighted by molar-refractivity contribution is 5.96. The van der Waals surface area contributed by atoms with E-state index in [9.17, 15) is 4.79 Å². The van der Waals surface area contributed by atoms with Crippen LogP contribution in [0.4, 0.5) is 5.69 Å². The summed E-state index contributed by atoms with van der Waals surface area (Å²) in [6.07, 6.45) is 5.26. The lowest BCUT2D eigenvalue weighted by Crippen LogP contribution is -2.24. The summed E-state index contributed by atoms with van der Waals surface area (Å²) >= 11 is 0. The second kappa shape index (κ2) is 10.9. The Morgan fingerprint density at radius 2 is 1.56 bits per heavy atom. The number of hydrogen-bond acceptors (Lipinski definition) is 5. The van der Waals surface area contributed by atoms with Crippen LogP contribution >= 0.6 is 0 Å². The molecule has 2 aliphatic rings. The van der Waals surface area contributed by atoms with E-state index in [1.807, 2.05) is 65.6 Å². The molecule has 1 atom stereocenters. The van der Waals surface area contributed by atoms with E-state index >= 15 is 0 Å². The van der Waals surface area contributed by atoms with Gasteiger partial charge in [0.05, 0.1) is 20.3 Å². The van der Waals surface area contributed by atoms with Crippen molar-refractivity contribution in [1.82, 2.24) is 0 Å². The molecule has 0 aromatic heterocycles. The molecule has 36 heavy (non-hydrogen) atoms. The van der Waals surface area contributed by atoms with E-state index in [1.54, 1.807) is 14.2 Å². The minimum Gasteiger partial charge on any atom is -0.493 e. The van der Waals surface area contributed by atoms with Crippen molar-refractivity contribution in [3.8, 4) is 23.0 Å². The predicted molar refractivity (Wildman–Crippen MR) is 139 cm³/mol. The maximum absolute atomic E-state index is 13.1. The molecule has 1 aliphatic heterocycles. The van der Waals surface area contributed by atoms with Crippen LogP contribution in [0, 0.1) is 0 Å². The van der Waals surface area contributed by atoms with Crippen molar-refractivity contribution in [2.75, 3.05) is 25.7 Å². The van der Waals surface area contributed by atoms with Crippen molar-refractivity contribution in [3.63, 3.8) is 0 Å². The molecule has 0 bridgehead atoms. The number of carbonyl (C=O) groups is 1. The van der Waals surface area contributed by atoms with E-state index in [1.165, 1.54) is 12.8 Å². The lowest BCUT2D eigenvalue weighted by Gasteiger charge is -2.20. The van der Waals surface area contributed by atoms with Crippen LogP contribution in [0.1, 0.15) is 49.1 Å². The lowest BCUT2D eigenvalue weighted by atomic mass is 9.98. The lowest BCUT2D eigenvalue weighted by molar-refractivity contribution is -0.117. The van der Waals surface area contributed by atoms with Gasteiger partial charge in [0.15, 0.2) is 23.0 Å². The highest BCUT2D eigenvalue weighted by atomic mass is 16.5. The Hall–Kier alpha value is -3.67. The summed E-state index contributed by atoms with van der Waals surface area (Å²) < 4.78 is 23.4. The van der Waals surface area contributed by atoms with E-state index in [0.29, 0.717) is 31.1 Å². The number of benzene rings is 3. The van der Waals surface area contributed by atoms with Crippen LogP contribution in [0.15, 0.2) is 66.7 Å². The summed E-state index contributed by atoms with van der Waals surface area (Å²) in [5.74, 6) is 2.93. The fraction of sp³-hybridized carbons (Fsp3) is 0.367. The number of ether oxygens (including phenoxy) is 4. The van der Waals surface area contributed by atoms with Crippen molar-refractivity contribution in [3.05, 3.63) is 77.9 Å². The molecular formula is C30H33NO5. The van der Waals surface area contributed by atoms with Crippen molar-refractivity contribution < 1.29 is 23.7 Å². The smallest absolute Gasteiger partial charge is 0.227 e. The van der Waals surface area contributed by atoms with Gasteiger partial charge in [-0.2, -0.15) is 0 Å². The summed E-state index contributed by atoms with van der Waals surface area (Å²) in [6, 6.07) is 21.7. The second-order valence-electron chi connectivity index (χ2n) is 9.45. The summed E-state index contributed by atoms with van der Waals surface area (Å²) in [5.41, 5.74) is 2.97. The molecule has 0 spiro atoms. The molecule has 1 heterocycles. The number of amides is 1. The minimum absolute atomic E-state index is 0.0742. The third kappa shape index (κ3) is 5.27. The van der Waals surface area contributed by atoms with Crippen LogP contribution in [0.2, 0.25) is 0 Å². The van der Waals surface area contributed by atoms with Gasteiger partial charge in [-0.15, -0.1) is 0 Å². The highest BCUT2D eigenvalue weighted by Crippen LogP contribution is 2.40. The average molecular weight is 488 g/mol. The number of methoxy groups -OCH3 is 2. The monoisotopic (exact) mass is 487 g/mol. The molecule has 6 heteroatoms. The van der Waals surface area contributed by atoms with Crippen LogP contribution in [-0.4, -0.2) is 32.8 Å². The summed E-state index contributed by atoms with van der Waals surface area (Å²) in [6.45, 7) is 1.02. The van der Waals surface area contributed by atoms with Crippen LogP contribution in [-0.2, 0) is 11.4 Å². The van der Waals surface area contributed by atoms with Gasteiger partial charge in [0.1, 0.15) is 6.61 Å². The SMILES string of the molecule is COc1ccc(N2CC(c3ccc(OC)c(OC4CCCC4)c3)CC2=O)cc1OCc1ccccc1. The fourth-order valence-corrected chi connectivity index (χ4v) is 5.09. The first-order valence-corrected chi connectivity index (χ1v) is 12.6. The Kier molecular flexibility index (Phi) is 7.31. The van der Waals surface area contributed by atoms with E-state index < -0.39 is 0 Å². The molecule has 5 rings (SSSR count). The molecule has 1 unspecified atom stereocenters. The first-order valence-electron chi connectivity index (χ1n) is 12.6. The molecular weight excluding hydrogens is 454 g/mol. The van der Waals surface area contributed by atoms with Crippen molar-refractivity contribution in [2.45, 2.75) is 50.7 Å². The minimum atomic E-state index is 0.0742. The number of nitrogens with zero attached hydrogens (tertiary/aromatic N) is 1. The topological polar surface area (TPSA) is 57.2 Å². The zero-order valence-electron chi connectivity index (χ0n) is 20.9. The van der Waals surface area contributed by atoms with Gasteiger partial charge in [-0.05, 0) is 61.1 Å². The second-order valence-corrected chi connectivity index (χ2v) is 9.45. The van der Waals surface area contributed by atoms with E-state index in [-0.39, 0.29) is 17.9 Å². The molecule has 2 fully saturated rings. The molecule has 1 amide bonds. The summed E-state index contributed by atoms with van der Waals surface area (Å²) in [7, 11) is 3.29. The van der Waals surface area contributed by atoms with Crippen molar-refractivity contribution >= 4 is 11.6 Å². The molecule has 0 N–H and O–H groups in total. The van der Waals surface area contributed by atoms with Crippen molar-refractivity contribution in [1.29, 1.82) is 0 Å². The fourth-order valence-electron chi connectivity index (χ4n) is 5.09. The number of rotatable bonds is 9. The Labute approximate surface area is 212 Å². The largest absolute Gasteiger partial charge is 0.493 e. The maximum Gasteiger partial charge on any atom is 0.227 e. The zero-order chi connectivity index (χ0) is 24.9. The first-order chi connectivity index (χ1) is 17.6. The molecule has 1 saturated heterocycles. The quantitative estimate of drug-likeness (QED) is 0.364. The normalized spacial score (nSPS) is 17.9. The van der Waals surface area contributed by atoms with Gasteiger partial charge < -0.3 is 23.8 Å². The standard InChI is InChI=1S/C30H33NO5/c1-33-26-15-13-24(18-28(26)35-20-21-8-4-3-5-9-21)31-19-23(17-30(31)32)22-12-14-27(34-2)29(16-22)36-25-10-6-7-11-25/h3-5,8-9,12-16,18,23,25H,6-7,10-11,17,19-20H2,1-2H3. The van der Waals surface area contributed by atoms with Gasteiger partial charge in [-0.25, -0.2) is 0 Å². The van der Waals surface area contributed by atoms with E-state index in [4.69, 9.17) is 18.9 Å². The predicted octanol–water partition coefficient (Wildman–Crippen LogP) is 6.12. The molecule has 1 saturated carbocycles. The molecule has 3 aromatic carbocycles.